The summed E-state index contributed by atoms with van der Waals surface area (Å²) in [7, 11) is 1.66. The molecule has 1 unspecified atom stereocenters. The Kier molecular flexibility index (Phi) is 6.14. The van der Waals surface area contributed by atoms with E-state index in [2.05, 4.69) is 22.5 Å². The van der Waals surface area contributed by atoms with Crippen LogP contribution in [0.2, 0.25) is 0 Å². The van der Waals surface area contributed by atoms with Crippen molar-refractivity contribution in [2.75, 3.05) is 26.9 Å². The van der Waals surface area contributed by atoms with Crippen molar-refractivity contribution < 1.29 is 9.47 Å². The average molecular weight is 292 g/mol. The van der Waals surface area contributed by atoms with Gasteiger partial charge in [-0.05, 0) is 0 Å². The second-order valence-electron chi connectivity index (χ2n) is 4.52. The van der Waals surface area contributed by atoms with E-state index in [0.717, 1.165) is 22.7 Å². The summed E-state index contributed by atoms with van der Waals surface area (Å²) in [5.41, 5.74) is 8.19. The van der Waals surface area contributed by atoms with Crippen molar-refractivity contribution in [3.05, 3.63) is 40.7 Å². The molecule has 0 aliphatic heterocycles. The zero-order valence-corrected chi connectivity index (χ0v) is 12.4. The van der Waals surface area contributed by atoms with Crippen LogP contribution >= 0.6 is 11.3 Å². The van der Waals surface area contributed by atoms with Crippen molar-refractivity contribution in [1.82, 2.24) is 4.98 Å². The van der Waals surface area contributed by atoms with Crippen LogP contribution < -0.4 is 5.73 Å². The molecule has 2 N–H and O–H groups in total. The Morgan fingerprint density at radius 2 is 2.05 bits per heavy atom. The number of nitrogens with zero attached hydrogens (tertiary/aromatic N) is 1. The number of methoxy groups -OCH3 is 1. The van der Waals surface area contributed by atoms with Crippen LogP contribution in [0.25, 0.3) is 11.3 Å². The molecule has 0 aliphatic rings. The lowest BCUT2D eigenvalue weighted by Crippen LogP contribution is -2.29. The van der Waals surface area contributed by atoms with E-state index in [4.69, 9.17) is 15.2 Å². The summed E-state index contributed by atoms with van der Waals surface area (Å²) in [6.45, 7) is 1.71. The predicted octanol–water partition coefficient (Wildman–Crippen LogP) is 2.34. The first kappa shape index (κ1) is 15.1. The van der Waals surface area contributed by atoms with Crippen LogP contribution in [0, 0.1) is 0 Å². The van der Waals surface area contributed by atoms with Gasteiger partial charge in [0.15, 0.2) is 0 Å². The summed E-state index contributed by atoms with van der Waals surface area (Å²) in [6.07, 6.45) is 0.741. The van der Waals surface area contributed by atoms with Gasteiger partial charge in [0.2, 0.25) is 0 Å². The lowest BCUT2D eigenvalue weighted by atomic mass is 10.2. The number of hydrogen-bond donors (Lipinski definition) is 1. The topological polar surface area (TPSA) is 57.4 Å². The summed E-state index contributed by atoms with van der Waals surface area (Å²) < 4.78 is 10.3. The van der Waals surface area contributed by atoms with E-state index in [0.29, 0.717) is 19.8 Å². The van der Waals surface area contributed by atoms with Crippen molar-refractivity contribution in [1.29, 1.82) is 0 Å². The molecule has 1 aromatic heterocycles. The van der Waals surface area contributed by atoms with Gasteiger partial charge in [0.05, 0.1) is 30.5 Å². The van der Waals surface area contributed by atoms with Crippen molar-refractivity contribution in [3.8, 4) is 11.3 Å². The normalized spacial score (nSPS) is 12.5. The summed E-state index contributed by atoms with van der Waals surface area (Å²) >= 11 is 1.65. The SMILES string of the molecule is COCCOCC(N)Cc1nc(-c2ccccc2)cs1. The van der Waals surface area contributed by atoms with Crippen LogP contribution in [0.1, 0.15) is 5.01 Å². The van der Waals surface area contributed by atoms with Crippen LogP contribution in [0.15, 0.2) is 35.7 Å². The number of rotatable bonds is 8. The van der Waals surface area contributed by atoms with Crippen LogP contribution in [-0.2, 0) is 15.9 Å². The molecular weight excluding hydrogens is 272 g/mol. The summed E-state index contributed by atoms with van der Waals surface area (Å²) in [5.74, 6) is 0. The molecule has 1 atom stereocenters. The Labute approximate surface area is 123 Å². The molecule has 2 aromatic rings. The zero-order chi connectivity index (χ0) is 14.2. The number of thiazole rings is 1. The van der Waals surface area contributed by atoms with Gasteiger partial charge in [0.25, 0.3) is 0 Å². The fourth-order valence-electron chi connectivity index (χ4n) is 1.81. The van der Waals surface area contributed by atoms with Crippen LogP contribution in [0.4, 0.5) is 0 Å². The Morgan fingerprint density at radius 1 is 1.25 bits per heavy atom. The van der Waals surface area contributed by atoms with Gasteiger partial charge in [-0.25, -0.2) is 4.98 Å². The van der Waals surface area contributed by atoms with Gasteiger partial charge in [-0.2, -0.15) is 0 Å². The summed E-state index contributed by atoms with van der Waals surface area (Å²) in [6, 6.07) is 10.1. The highest BCUT2D eigenvalue weighted by Crippen LogP contribution is 2.22. The maximum absolute atomic E-state index is 6.04. The van der Waals surface area contributed by atoms with Gasteiger partial charge in [-0.3, -0.25) is 0 Å². The highest BCUT2D eigenvalue weighted by Gasteiger charge is 2.09. The molecule has 1 heterocycles. The van der Waals surface area contributed by atoms with Gasteiger partial charge in [-0.1, -0.05) is 30.3 Å². The molecule has 20 heavy (non-hydrogen) atoms. The highest BCUT2D eigenvalue weighted by molar-refractivity contribution is 7.09. The molecule has 0 aliphatic carbocycles. The van der Waals surface area contributed by atoms with Crippen molar-refractivity contribution in [3.63, 3.8) is 0 Å². The Morgan fingerprint density at radius 3 is 2.80 bits per heavy atom. The third kappa shape index (κ3) is 4.68. The first-order chi connectivity index (χ1) is 9.79. The molecule has 2 rings (SSSR count). The maximum atomic E-state index is 6.04. The highest BCUT2D eigenvalue weighted by atomic mass is 32.1. The van der Waals surface area contributed by atoms with E-state index < -0.39 is 0 Å². The van der Waals surface area contributed by atoms with E-state index >= 15 is 0 Å². The number of aromatic nitrogens is 1. The minimum Gasteiger partial charge on any atom is -0.382 e. The van der Waals surface area contributed by atoms with Crippen LogP contribution in [-0.4, -0.2) is 38.0 Å². The molecule has 5 heteroatoms. The largest absolute Gasteiger partial charge is 0.382 e. The third-order valence-corrected chi connectivity index (χ3v) is 3.69. The van der Waals surface area contributed by atoms with Crippen molar-refractivity contribution in [2.45, 2.75) is 12.5 Å². The Balaban J connectivity index is 1.83. The molecular formula is C15H20N2O2S. The molecule has 0 saturated heterocycles. The van der Waals surface area contributed by atoms with Gasteiger partial charge >= 0.3 is 0 Å². The van der Waals surface area contributed by atoms with Crippen molar-refractivity contribution in [2.24, 2.45) is 5.73 Å². The maximum Gasteiger partial charge on any atom is 0.0948 e. The first-order valence-corrected chi connectivity index (χ1v) is 7.49. The number of nitrogens with two attached hydrogens (primary N) is 1. The fraction of sp³-hybridized carbons (Fsp3) is 0.400. The molecule has 0 bridgehead atoms. The molecule has 4 nitrogen and oxygen atoms in total. The fourth-order valence-corrected chi connectivity index (χ4v) is 2.70. The predicted molar refractivity (Wildman–Crippen MR) is 81.9 cm³/mol. The molecule has 0 spiro atoms. The molecule has 1 aromatic carbocycles. The molecule has 0 radical (unpaired) electrons. The number of hydrogen-bond acceptors (Lipinski definition) is 5. The van der Waals surface area contributed by atoms with Gasteiger partial charge < -0.3 is 15.2 Å². The average Bonchev–Trinajstić information content (AvgIpc) is 2.93. The summed E-state index contributed by atoms with van der Waals surface area (Å²) in [4.78, 5) is 4.62. The second-order valence-corrected chi connectivity index (χ2v) is 5.47. The van der Waals surface area contributed by atoms with Gasteiger partial charge in [0, 0.05) is 30.5 Å². The molecule has 0 saturated carbocycles. The monoisotopic (exact) mass is 292 g/mol. The minimum absolute atomic E-state index is 0.0263. The minimum atomic E-state index is -0.0263. The van der Waals surface area contributed by atoms with E-state index in [1.165, 1.54) is 0 Å². The molecule has 0 amide bonds. The second kappa shape index (κ2) is 8.11. The lowest BCUT2D eigenvalue weighted by molar-refractivity contribution is 0.0637. The van der Waals surface area contributed by atoms with E-state index in [1.807, 2.05) is 18.2 Å². The standard InChI is InChI=1S/C15H20N2O2S/c1-18-7-8-19-10-13(16)9-15-17-14(11-20-15)12-5-3-2-4-6-12/h2-6,11,13H,7-10,16H2,1H3. The molecule has 0 fully saturated rings. The van der Waals surface area contributed by atoms with Gasteiger partial charge in [0.1, 0.15) is 0 Å². The van der Waals surface area contributed by atoms with Gasteiger partial charge in [-0.15, -0.1) is 11.3 Å². The number of ether oxygens (including phenoxy) is 2. The molecule has 108 valence electrons. The quantitative estimate of drug-likeness (QED) is 0.759. The zero-order valence-electron chi connectivity index (χ0n) is 11.6. The van der Waals surface area contributed by atoms with Crippen LogP contribution in [0.5, 0.6) is 0 Å². The van der Waals surface area contributed by atoms with E-state index in [1.54, 1.807) is 18.4 Å². The summed E-state index contributed by atoms with van der Waals surface area (Å²) in [5, 5.41) is 3.12. The smallest absolute Gasteiger partial charge is 0.0948 e. The van der Waals surface area contributed by atoms with E-state index in [-0.39, 0.29) is 6.04 Å². The van der Waals surface area contributed by atoms with E-state index in [9.17, 15) is 0 Å². The Hall–Kier alpha value is -1.27. The number of benzene rings is 1. The first-order valence-electron chi connectivity index (χ1n) is 6.61. The van der Waals surface area contributed by atoms with Crippen molar-refractivity contribution >= 4 is 11.3 Å². The van der Waals surface area contributed by atoms with Crippen LogP contribution in [0.3, 0.4) is 0 Å². The third-order valence-electron chi connectivity index (χ3n) is 2.82. The lowest BCUT2D eigenvalue weighted by Gasteiger charge is -2.10. The Bertz CT molecular complexity index is 502.